The second-order valence-electron chi connectivity index (χ2n) is 7.40. The van der Waals surface area contributed by atoms with Crippen LogP contribution in [0.25, 0.3) is 16.6 Å². The molecule has 1 fully saturated rings. The van der Waals surface area contributed by atoms with Crippen molar-refractivity contribution >= 4 is 22.5 Å². The molecule has 0 bridgehead atoms. The van der Waals surface area contributed by atoms with Gasteiger partial charge < -0.3 is 9.80 Å². The highest BCUT2D eigenvalue weighted by Crippen LogP contribution is 2.21. The van der Waals surface area contributed by atoms with Crippen LogP contribution >= 0.6 is 0 Å². The third-order valence-corrected chi connectivity index (χ3v) is 5.62. The summed E-state index contributed by atoms with van der Waals surface area (Å²) in [6.07, 6.45) is 3.62. The Morgan fingerprint density at radius 3 is 2.33 bits per heavy atom. The Morgan fingerprint density at radius 2 is 1.60 bits per heavy atom. The molecule has 1 aliphatic rings. The molecule has 150 valence electrons. The molecule has 5 rings (SSSR count). The van der Waals surface area contributed by atoms with Crippen molar-refractivity contribution in [1.82, 2.24) is 24.6 Å². The van der Waals surface area contributed by atoms with Crippen LogP contribution in [0, 0.1) is 6.92 Å². The Labute approximate surface area is 174 Å². The van der Waals surface area contributed by atoms with Crippen LogP contribution in [-0.4, -0.2) is 56.7 Å². The van der Waals surface area contributed by atoms with Gasteiger partial charge >= 0.3 is 0 Å². The number of anilines is 1. The van der Waals surface area contributed by atoms with E-state index in [4.69, 9.17) is 0 Å². The van der Waals surface area contributed by atoms with Gasteiger partial charge in [0.15, 0.2) is 11.6 Å². The highest BCUT2D eigenvalue weighted by atomic mass is 16.2. The van der Waals surface area contributed by atoms with E-state index in [1.807, 2.05) is 77.2 Å². The van der Waals surface area contributed by atoms with Crippen molar-refractivity contribution in [3.8, 4) is 5.82 Å². The molecule has 30 heavy (non-hydrogen) atoms. The number of carbonyl (C=O) groups is 1. The van der Waals surface area contributed by atoms with Gasteiger partial charge in [-0.05, 0) is 35.9 Å². The standard InChI is InChI=1S/C23H22N6O/c1-17-24-11-12-29(17)22-10-9-21(25-26-22)27-13-15-28(16-14-27)23(30)20-8-4-6-18-5-2-3-7-19(18)20/h2-12H,13-16H2,1H3. The maximum Gasteiger partial charge on any atom is 0.254 e. The van der Waals surface area contributed by atoms with Crippen LogP contribution in [0.5, 0.6) is 0 Å². The molecule has 1 aliphatic heterocycles. The molecule has 0 N–H and O–H groups in total. The van der Waals surface area contributed by atoms with Gasteiger partial charge in [-0.1, -0.05) is 36.4 Å². The number of carbonyl (C=O) groups excluding carboxylic acids is 1. The van der Waals surface area contributed by atoms with Gasteiger partial charge in [-0.3, -0.25) is 9.36 Å². The summed E-state index contributed by atoms with van der Waals surface area (Å²) in [5.41, 5.74) is 0.765. The lowest BCUT2D eigenvalue weighted by Crippen LogP contribution is -2.49. The topological polar surface area (TPSA) is 67.2 Å². The van der Waals surface area contributed by atoms with E-state index < -0.39 is 0 Å². The number of piperazine rings is 1. The second kappa shape index (κ2) is 7.59. The maximum absolute atomic E-state index is 13.1. The van der Waals surface area contributed by atoms with Gasteiger partial charge in [-0.25, -0.2) is 4.98 Å². The van der Waals surface area contributed by atoms with Crippen LogP contribution in [0.1, 0.15) is 16.2 Å². The van der Waals surface area contributed by atoms with Crippen molar-refractivity contribution in [2.45, 2.75) is 6.92 Å². The summed E-state index contributed by atoms with van der Waals surface area (Å²) in [7, 11) is 0. The number of aromatic nitrogens is 4. The molecule has 0 saturated carbocycles. The summed E-state index contributed by atoms with van der Waals surface area (Å²) in [5, 5.41) is 10.8. The van der Waals surface area contributed by atoms with Crippen LogP contribution in [0.2, 0.25) is 0 Å². The first-order valence-electron chi connectivity index (χ1n) is 10.1. The minimum atomic E-state index is 0.0865. The average Bonchev–Trinajstić information content (AvgIpc) is 3.24. The van der Waals surface area contributed by atoms with E-state index in [1.54, 1.807) is 6.20 Å². The zero-order valence-corrected chi connectivity index (χ0v) is 16.8. The number of nitrogens with zero attached hydrogens (tertiary/aromatic N) is 6. The Bertz CT molecular complexity index is 1190. The predicted octanol–water partition coefficient (Wildman–Crippen LogP) is 3.09. The Balaban J connectivity index is 1.28. The maximum atomic E-state index is 13.1. The minimum Gasteiger partial charge on any atom is -0.352 e. The minimum absolute atomic E-state index is 0.0865. The smallest absolute Gasteiger partial charge is 0.254 e. The van der Waals surface area contributed by atoms with Crippen LogP contribution in [0.15, 0.2) is 67.0 Å². The summed E-state index contributed by atoms with van der Waals surface area (Å²) in [6.45, 7) is 4.71. The molecular formula is C23H22N6O. The lowest BCUT2D eigenvalue weighted by atomic mass is 10.0. The van der Waals surface area contributed by atoms with Crippen molar-refractivity contribution in [3.63, 3.8) is 0 Å². The summed E-state index contributed by atoms with van der Waals surface area (Å²) in [4.78, 5) is 21.5. The molecule has 0 radical (unpaired) electrons. The molecule has 7 heteroatoms. The molecular weight excluding hydrogens is 376 g/mol. The fourth-order valence-corrected chi connectivity index (χ4v) is 3.96. The van der Waals surface area contributed by atoms with E-state index in [2.05, 4.69) is 20.1 Å². The van der Waals surface area contributed by atoms with Crippen molar-refractivity contribution in [2.24, 2.45) is 0 Å². The van der Waals surface area contributed by atoms with Crippen LogP contribution in [0.4, 0.5) is 5.82 Å². The summed E-state index contributed by atoms with van der Waals surface area (Å²) >= 11 is 0. The van der Waals surface area contributed by atoms with Crippen molar-refractivity contribution in [3.05, 3.63) is 78.4 Å². The van der Waals surface area contributed by atoms with E-state index in [-0.39, 0.29) is 5.91 Å². The highest BCUT2D eigenvalue weighted by molar-refractivity contribution is 6.07. The third-order valence-electron chi connectivity index (χ3n) is 5.62. The summed E-state index contributed by atoms with van der Waals surface area (Å²) in [6, 6.07) is 17.9. The first kappa shape index (κ1) is 18.3. The molecule has 0 atom stereocenters. The quantitative estimate of drug-likeness (QED) is 0.531. The number of benzene rings is 2. The number of imidazole rings is 1. The monoisotopic (exact) mass is 398 g/mol. The van der Waals surface area contributed by atoms with Gasteiger partial charge in [-0.2, -0.15) is 0 Å². The molecule has 1 saturated heterocycles. The molecule has 1 amide bonds. The lowest BCUT2D eigenvalue weighted by molar-refractivity contribution is 0.0748. The Morgan fingerprint density at radius 1 is 0.867 bits per heavy atom. The van der Waals surface area contributed by atoms with Crippen molar-refractivity contribution in [1.29, 1.82) is 0 Å². The molecule has 0 spiro atoms. The van der Waals surface area contributed by atoms with Crippen molar-refractivity contribution in [2.75, 3.05) is 31.1 Å². The van der Waals surface area contributed by atoms with Gasteiger partial charge in [0, 0.05) is 44.1 Å². The average molecular weight is 398 g/mol. The van der Waals surface area contributed by atoms with Gasteiger partial charge in [-0.15, -0.1) is 10.2 Å². The van der Waals surface area contributed by atoms with Crippen molar-refractivity contribution < 1.29 is 4.79 Å². The number of hydrogen-bond donors (Lipinski definition) is 0. The van der Waals surface area contributed by atoms with E-state index in [0.717, 1.165) is 46.9 Å². The second-order valence-corrected chi connectivity index (χ2v) is 7.40. The Kier molecular flexibility index (Phi) is 4.63. The number of fused-ring (bicyclic) bond motifs is 1. The normalized spacial score (nSPS) is 14.3. The number of rotatable bonds is 3. The summed E-state index contributed by atoms with van der Waals surface area (Å²) in [5.74, 6) is 2.54. The van der Waals surface area contributed by atoms with Crippen LogP contribution in [0.3, 0.4) is 0 Å². The molecule has 7 nitrogen and oxygen atoms in total. The molecule has 0 unspecified atom stereocenters. The zero-order chi connectivity index (χ0) is 20.5. The molecule has 4 aromatic rings. The van der Waals surface area contributed by atoms with E-state index in [0.29, 0.717) is 13.1 Å². The first-order chi connectivity index (χ1) is 14.7. The SMILES string of the molecule is Cc1nccn1-c1ccc(N2CCN(C(=O)c3cccc4ccccc34)CC2)nn1. The van der Waals surface area contributed by atoms with E-state index in [9.17, 15) is 4.79 Å². The number of amides is 1. The largest absolute Gasteiger partial charge is 0.352 e. The summed E-state index contributed by atoms with van der Waals surface area (Å²) < 4.78 is 1.90. The molecule has 2 aromatic carbocycles. The molecule has 3 heterocycles. The lowest BCUT2D eigenvalue weighted by Gasteiger charge is -2.35. The zero-order valence-electron chi connectivity index (χ0n) is 16.8. The molecule has 0 aliphatic carbocycles. The predicted molar refractivity (Wildman–Crippen MR) is 116 cm³/mol. The number of aryl methyl sites for hydroxylation is 1. The third kappa shape index (κ3) is 3.28. The van der Waals surface area contributed by atoms with Crippen LogP contribution < -0.4 is 4.90 Å². The first-order valence-corrected chi connectivity index (χ1v) is 10.1. The van der Waals surface area contributed by atoms with Gasteiger partial charge in [0.2, 0.25) is 0 Å². The van der Waals surface area contributed by atoms with Gasteiger partial charge in [0.25, 0.3) is 5.91 Å². The Hall–Kier alpha value is -3.74. The van der Waals surface area contributed by atoms with E-state index in [1.165, 1.54) is 0 Å². The number of hydrogen-bond acceptors (Lipinski definition) is 5. The van der Waals surface area contributed by atoms with Crippen LogP contribution in [-0.2, 0) is 0 Å². The fraction of sp³-hybridized carbons (Fsp3) is 0.217. The van der Waals surface area contributed by atoms with Gasteiger partial charge in [0.1, 0.15) is 5.82 Å². The van der Waals surface area contributed by atoms with E-state index >= 15 is 0 Å². The fourth-order valence-electron chi connectivity index (χ4n) is 3.96. The molecule has 2 aromatic heterocycles. The van der Waals surface area contributed by atoms with Gasteiger partial charge in [0.05, 0.1) is 0 Å². The highest BCUT2D eigenvalue weighted by Gasteiger charge is 2.24.